The van der Waals surface area contributed by atoms with E-state index in [1.54, 1.807) is 60.5 Å². The lowest BCUT2D eigenvalue weighted by atomic mass is 10.1. The van der Waals surface area contributed by atoms with Gasteiger partial charge in [-0.15, -0.1) is 0 Å². The van der Waals surface area contributed by atoms with Crippen LogP contribution in [-0.2, 0) is 0 Å². The number of aromatic hydroxyl groups is 1. The van der Waals surface area contributed by atoms with Gasteiger partial charge in [0.2, 0.25) is 0 Å². The van der Waals surface area contributed by atoms with Gasteiger partial charge in [0.25, 0.3) is 0 Å². The minimum Gasteiger partial charge on any atom is -0.508 e. The fourth-order valence-electron chi connectivity index (χ4n) is 1.93. The van der Waals surface area contributed by atoms with Crippen molar-refractivity contribution in [3.63, 3.8) is 0 Å². The molecule has 0 radical (unpaired) electrons. The summed E-state index contributed by atoms with van der Waals surface area (Å²) in [5.41, 5.74) is 1.59. The van der Waals surface area contributed by atoms with Crippen LogP contribution in [0.3, 0.4) is 0 Å². The number of carbonyl (C=O) groups excluding carboxylic acids is 1. The van der Waals surface area contributed by atoms with Crippen molar-refractivity contribution in [2.24, 2.45) is 0 Å². The van der Waals surface area contributed by atoms with Gasteiger partial charge in [0.15, 0.2) is 0 Å². The Hall–Kier alpha value is -2.20. The number of phenols is 1. The molecule has 2 N–H and O–H groups in total. The van der Waals surface area contributed by atoms with Crippen molar-refractivity contribution in [3.8, 4) is 5.75 Å². The number of halogens is 1. The van der Waals surface area contributed by atoms with Gasteiger partial charge in [-0.25, -0.2) is 4.79 Å². The molecule has 5 heteroatoms. The number of amides is 2. The van der Waals surface area contributed by atoms with Crippen LogP contribution in [0.1, 0.15) is 18.5 Å². The molecule has 0 saturated heterocycles. The first-order valence-electron chi connectivity index (χ1n) is 6.55. The van der Waals surface area contributed by atoms with Gasteiger partial charge < -0.3 is 15.3 Å². The van der Waals surface area contributed by atoms with Crippen LogP contribution in [0.25, 0.3) is 0 Å². The van der Waals surface area contributed by atoms with Crippen molar-refractivity contribution in [1.82, 2.24) is 4.90 Å². The third kappa shape index (κ3) is 3.89. The fraction of sp³-hybridized carbons (Fsp3) is 0.188. The standard InChI is InChI=1S/C16H17ClN2O2/c1-11(12-6-8-15(20)9-7-12)19(2)16(21)18-14-5-3-4-13(17)10-14/h3-11,20H,1-2H3,(H,18,21). The number of carbonyl (C=O) groups is 1. The molecule has 21 heavy (non-hydrogen) atoms. The highest BCUT2D eigenvalue weighted by Crippen LogP contribution is 2.22. The maximum absolute atomic E-state index is 12.2. The largest absolute Gasteiger partial charge is 0.508 e. The van der Waals surface area contributed by atoms with E-state index in [9.17, 15) is 9.90 Å². The van der Waals surface area contributed by atoms with Crippen LogP contribution in [-0.4, -0.2) is 23.1 Å². The third-order valence-corrected chi connectivity index (χ3v) is 3.59. The molecule has 0 heterocycles. The van der Waals surface area contributed by atoms with E-state index < -0.39 is 0 Å². The Kier molecular flexibility index (Phi) is 4.70. The molecule has 0 aromatic heterocycles. The molecule has 2 amide bonds. The average Bonchev–Trinajstić information content (AvgIpc) is 2.46. The van der Waals surface area contributed by atoms with E-state index in [1.807, 2.05) is 6.92 Å². The molecular weight excluding hydrogens is 288 g/mol. The van der Waals surface area contributed by atoms with Crippen LogP contribution in [0, 0.1) is 0 Å². The first-order valence-corrected chi connectivity index (χ1v) is 6.93. The highest BCUT2D eigenvalue weighted by molar-refractivity contribution is 6.30. The zero-order chi connectivity index (χ0) is 15.4. The molecule has 0 aliphatic heterocycles. The highest BCUT2D eigenvalue weighted by atomic mass is 35.5. The van der Waals surface area contributed by atoms with Gasteiger partial charge in [-0.3, -0.25) is 0 Å². The first kappa shape index (κ1) is 15.2. The highest BCUT2D eigenvalue weighted by Gasteiger charge is 2.17. The summed E-state index contributed by atoms with van der Waals surface area (Å²) in [6.45, 7) is 1.92. The number of nitrogens with zero attached hydrogens (tertiary/aromatic N) is 1. The summed E-state index contributed by atoms with van der Waals surface area (Å²) in [5.74, 6) is 0.206. The maximum atomic E-state index is 12.2. The van der Waals surface area contributed by atoms with Gasteiger partial charge in [0.1, 0.15) is 5.75 Å². The zero-order valence-corrected chi connectivity index (χ0v) is 12.6. The summed E-state index contributed by atoms with van der Waals surface area (Å²) in [6.07, 6.45) is 0. The maximum Gasteiger partial charge on any atom is 0.322 e. The molecule has 1 atom stereocenters. The Morgan fingerprint density at radius 3 is 2.52 bits per heavy atom. The summed E-state index contributed by atoms with van der Waals surface area (Å²) in [6, 6.07) is 13.5. The normalized spacial score (nSPS) is 11.8. The van der Waals surface area contributed by atoms with Crippen molar-refractivity contribution < 1.29 is 9.90 Å². The van der Waals surface area contributed by atoms with E-state index in [2.05, 4.69) is 5.32 Å². The third-order valence-electron chi connectivity index (χ3n) is 3.35. The van der Waals surface area contributed by atoms with Gasteiger partial charge in [-0.2, -0.15) is 0 Å². The smallest absolute Gasteiger partial charge is 0.322 e. The van der Waals surface area contributed by atoms with E-state index >= 15 is 0 Å². The molecule has 0 saturated carbocycles. The SMILES string of the molecule is CC(c1ccc(O)cc1)N(C)C(=O)Nc1cccc(Cl)c1. The summed E-state index contributed by atoms with van der Waals surface area (Å²) in [5, 5.41) is 12.7. The summed E-state index contributed by atoms with van der Waals surface area (Å²) >= 11 is 5.89. The minimum atomic E-state index is -0.224. The van der Waals surface area contributed by atoms with Crippen LogP contribution >= 0.6 is 11.6 Å². The van der Waals surface area contributed by atoms with Crippen molar-refractivity contribution in [3.05, 3.63) is 59.1 Å². The fourth-order valence-corrected chi connectivity index (χ4v) is 2.12. The van der Waals surface area contributed by atoms with E-state index in [0.717, 1.165) is 5.56 Å². The first-order chi connectivity index (χ1) is 9.97. The van der Waals surface area contributed by atoms with Gasteiger partial charge >= 0.3 is 6.03 Å². The Bertz CT molecular complexity index is 628. The quantitative estimate of drug-likeness (QED) is 0.889. The Balaban J connectivity index is 2.06. The zero-order valence-electron chi connectivity index (χ0n) is 11.9. The molecule has 0 spiro atoms. The van der Waals surface area contributed by atoms with Crippen LogP contribution in [0.2, 0.25) is 5.02 Å². The van der Waals surface area contributed by atoms with E-state index in [4.69, 9.17) is 11.6 Å². The van der Waals surface area contributed by atoms with Gasteiger partial charge in [-0.05, 0) is 42.8 Å². The molecule has 110 valence electrons. The van der Waals surface area contributed by atoms with Gasteiger partial charge in [-0.1, -0.05) is 29.8 Å². The van der Waals surface area contributed by atoms with Crippen LogP contribution < -0.4 is 5.32 Å². The molecule has 0 bridgehead atoms. The lowest BCUT2D eigenvalue weighted by molar-refractivity contribution is 0.208. The average molecular weight is 305 g/mol. The van der Waals surface area contributed by atoms with Crippen LogP contribution in [0.4, 0.5) is 10.5 Å². The topological polar surface area (TPSA) is 52.6 Å². The number of phenolic OH excluding ortho intramolecular Hbond substituents is 1. The molecule has 2 aromatic carbocycles. The van der Waals surface area contributed by atoms with E-state index in [-0.39, 0.29) is 17.8 Å². The second-order valence-corrected chi connectivity index (χ2v) is 5.26. The van der Waals surface area contributed by atoms with Crippen molar-refractivity contribution in [2.45, 2.75) is 13.0 Å². The van der Waals surface area contributed by atoms with Crippen LogP contribution in [0.15, 0.2) is 48.5 Å². The second-order valence-electron chi connectivity index (χ2n) is 4.82. The van der Waals surface area contributed by atoms with Gasteiger partial charge in [0, 0.05) is 17.8 Å². The number of nitrogens with one attached hydrogen (secondary N) is 1. The Morgan fingerprint density at radius 2 is 1.90 bits per heavy atom. The summed E-state index contributed by atoms with van der Waals surface area (Å²) in [4.78, 5) is 13.8. The number of rotatable bonds is 3. The predicted molar refractivity (Wildman–Crippen MR) is 84.8 cm³/mol. The Labute approximate surface area is 129 Å². The molecular formula is C16H17ClN2O2. The minimum absolute atomic E-state index is 0.121. The summed E-state index contributed by atoms with van der Waals surface area (Å²) < 4.78 is 0. The van der Waals surface area contributed by atoms with E-state index in [0.29, 0.717) is 10.7 Å². The lowest BCUT2D eigenvalue weighted by Gasteiger charge is -2.25. The number of hydrogen-bond donors (Lipinski definition) is 2. The molecule has 0 aliphatic carbocycles. The summed E-state index contributed by atoms with van der Waals surface area (Å²) in [7, 11) is 1.72. The molecule has 4 nitrogen and oxygen atoms in total. The number of benzene rings is 2. The number of urea groups is 1. The molecule has 1 unspecified atom stereocenters. The van der Waals surface area contributed by atoms with Crippen LogP contribution in [0.5, 0.6) is 5.75 Å². The molecule has 0 aliphatic rings. The molecule has 0 fully saturated rings. The van der Waals surface area contributed by atoms with Gasteiger partial charge in [0.05, 0.1) is 6.04 Å². The lowest BCUT2D eigenvalue weighted by Crippen LogP contribution is -2.33. The van der Waals surface area contributed by atoms with Crippen molar-refractivity contribution >= 4 is 23.3 Å². The predicted octanol–water partition coefficient (Wildman–Crippen LogP) is 4.27. The van der Waals surface area contributed by atoms with Crippen molar-refractivity contribution in [2.75, 3.05) is 12.4 Å². The second kappa shape index (κ2) is 6.50. The molecule has 2 rings (SSSR count). The van der Waals surface area contributed by atoms with E-state index in [1.165, 1.54) is 0 Å². The monoisotopic (exact) mass is 304 g/mol. The number of anilines is 1. The molecule has 2 aromatic rings. The number of hydrogen-bond acceptors (Lipinski definition) is 2. The van der Waals surface area contributed by atoms with Crippen molar-refractivity contribution in [1.29, 1.82) is 0 Å². The Morgan fingerprint density at radius 1 is 1.24 bits per heavy atom.